The van der Waals surface area contributed by atoms with Gasteiger partial charge in [0, 0.05) is 6.54 Å². The Labute approximate surface area is 99.2 Å². The fraction of sp³-hybridized carbons (Fsp3) is 0.700. The summed E-state index contributed by atoms with van der Waals surface area (Å²) in [6.07, 6.45) is 1.09. The van der Waals surface area contributed by atoms with Gasteiger partial charge in [-0.05, 0) is 26.7 Å². The van der Waals surface area contributed by atoms with E-state index in [1.165, 1.54) is 0 Å². The molecule has 6 N–H and O–H groups in total. The van der Waals surface area contributed by atoms with Crippen molar-refractivity contribution in [1.82, 2.24) is 5.32 Å². The lowest BCUT2D eigenvalue weighted by Gasteiger charge is -2.22. The second kappa shape index (κ2) is 4.23. The molecule has 0 aromatic carbocycles. The molecule has 0 bridgehead atoms. The van der Waals surface area contributed by atoms with E-state index in [9.17, 15) is 9.59 Å². The molecule has 0 spiro atoms. The van der Waals surface area contributed by atoms with Crippen molar-refractivity contribution in [2.75, 3.05) is 6.54 Å². The molecule has 0 atom stereocenters. The maximum absolute atomic E-state index is 11.9. The first kappa shape index (κ1) is 13.3. The molecule has 0 aliphatic heterocycles. The molecule has 0 heterocycles. The number of nitrogens with two attached hydrogens (primary N) is 2. The molecule has 7 heteroatoms. The number of hydrogen-bond acceptors (Lipinski definition) is 4. The third-order valence-corrected chi connectivity index (χ3v) is 3.14. The Morgan fingerprint density at radius 2 is 1.94 bits per heavy atom. The minimum atomic E-state index is -0.900. The molecule has 1 aliphatic carbocycles. The smallest absolute Gasteiger partial charge is 0.233 e. The summed E-state index contributed by atoms with van der Waals surface area (Å²) in [6.45, 7) is 3.40. The van der Waals surface area contributed by atoms with Crippen LogP contribution < -0.4 is 16.8 Å². The molecule has 1 saturated carbocycles. The first-order valence-electron chi connectivity index (χ1n) is 5.32. The van der Waals surface area contributed by atoms with Crippen molar-refractivity contribution in [3.63, 3.8) is 0 Å². The van der Waals surface area contributed by atoms with Gasteiger partial charge >= 0.3 is 0 Å². The van der Waals surface area contributed by atoms with Crippen molar-refractivity contribution >= 4 is 17.6 Å². The van der Waals surface area contributed by atoms with Crippen molar-refractivity contribution < 1.29 is 14.8 Å². The fourth-order valence-corrected chi connectivity index (χ4v) is 1.38. The van der Waals surface area contributed by atoms with E-state index < -0.39 is 16.7 Å². The number of hydrogen-bond donors (Lipinski definition) is 4. The lowest BCUT2D eigenvalue weighted by atomic mass is 9.92. The van der Waals surface area contributed by atoms with E-state index in [-0.39, 0.29) is 18.3 Å². The minimum Gasteiger partial charge on any atom is -0.409 e. The van der Waals surface area contributed by atoms with Gasteiger partial charge in [0.25, 0.3) is 0 Å². The monoisotopic (exact) mass is 242 g/mol. The van der Waals surface area contributed by atoms with Crippen LogP contribution in [0.3, 0.4) is 0 Å². The molecule has 0 saturated heterocycles. The van der Waals surface area contributed by atoms with E-state index in [0.29, 0.717) is 12.8 Å². The molecular formula is C10H18N4O3. The Bertz CT molecular complexity index is 372. The van der Waals surface area contributed by atoms with Crippen LogP contribution in [0.2, 0.25) is 0 Å². The number of nitrogens with one attached hydrogen (secondary N) is 1. The maximum atomic E-state index is 11.9. The molecule has 96 valence electrons. The fourth-order valence-electron chi connectivity index (χ4n) is 1.38. The quantitative estimate of drug-likeness (QED) is 0.216. The number of oxime groups is 1. The second-order valence-corrected chi connectivity index (χ2v) is 5.00. The summed E-state index contributed by atoms with van der Waals surface area (Å²) >= 11 is 0. The predicted molar refractivity (Wildman–Crippen MR) is 61.1 cm³/mol. The average Bonchev–Trinajstić information content (AvgIpc) is 3.05. The highest BCUT2D eigenvalue weighted by Crippen LogP contribution is 2.46. The number of carbonyl (C=O) groups excluding carboxylic acids is 2. The van der Waals surface area contributed by atoms with Gasteiger partial charge in [-0.2, -0.15) is 0 Å². The van der Waals surface area contributed by atoms with Crippen molar-refractivity contribution in [3.05, 3.63) is 0 Å². The Hall–Kier alpha value is -1.79. The van der Waals surface area contributed by atoms with Crippen molar-refractivity contribution in [2.45, 2.75) is 26.7 Å². The highest BCUT2D eigenvalue weighted by Gasteiger charge is 2.54. The van der Waals surface area contributed by atoms with Crippen LogP contribution in [0.25, 0.3) is 0 Å². The average molecular weight is 242 g/mol. The molecular weight excluding hydrogens is 224 g/mol. The molecule has 7 nitrogen and oxygen atoms in total. The van der Waals surface area contributed by atoms with Gasteiger partial charge < -0.3 is 22.0 Å². The van der Waals surface area contributed by atoms with E-state index in [4.69, 9.17) is 16.7 Å². The largest absolute Gasteiger partial charge is 0.409 e. The molecule has 1 rings (SSSR count). The molecule has 2 amide bonds. The van der Waals surface area contributed by atoms with Crippen LogP contribution in [0.15, 0.2) is 5.16 Å². The van der Waals surface area contributed by atoms with Gasteiger partial charge in [-0.25, -0.2) is 0 Å². The van der Waals surface area contributed by atoms with Crippen LogP contribution >= 0.6 is 0 Å². The molecule has 0 aromatic heterocycles. The summed E-state index contributed by atoms with van der Waals surface area (Å²) in [5.74, 6) is -0.916. The highest BCUT2D eigenvalue weighted by atomic mass is 16.4. The van der Waals surface area contributed by atoms with Crippen LogP contribution in [0.4, 0.5) is 0 Å². The number of amidine groups is 1. The zero-order valence-corrected chi connectivity index (χ0v) is 9.99. The van der Waals surface area contributed by atoms with Crippen molar-refractivity contribution in [2.24, 2.45) is 27.5 Å². The minimum absolute atomic E-state index is 0.0909. The highest BCUT2D eigenvalue weighted by molar-refractivity contribution is 6.09. The second-order valence-electron chi connectivity index (χ2n) is 5.00. The predicted octanol–water partition coefficient (Wildman–Crippen LogP) is -0.859. The number of nitrogens with zero attached hydrogens (tertiary/aromatic N) is 1. The SMILES string of the molecule is CC(C)(CNC(=O)C1(C(N)=NO)CC1)C(N)=O. The van der Waals surface area contributed by atoms with E-state index >= 15 is 0 Å². The van der Waals surface area contributed by atoms with E-state index in [1.54, 1.807) is 13.8 Å². The van der Waals surface area contributed by atoms with E-state index in [0.717, 1.165) is 0 Å². The van der Waals surface area contributed by atoms with Gasteiger partial charge in [-0.15, -0.1) is 0 Å². The Morgan fingerprint density at radius 3 is 2.29 bits per heavy atom. The van der Waals surface area contributed by atoms with Gasteiger partial charge in [0.1, 0.15) is 5.41 Å². The Kier molecular flexibility index (Phi) is 3.30. The summed E-state index contributed by atoms with van der Waals surface area (Å²) in [4.78, 5) is 22.9. The Morgan fingerprint density at radius 1 is 1.41 bits per heavy atom. The molecule has 1 aliphatic rings. The zero-order chi connectivity index (χ0) is 13.3. The van der Waals surface area contributed by atoms with Crippen LogP contribution in [-0.4, -0.2) is 29.4 Å². The molecule has 0 unspecified atom stereocenters. The summed E-state index contributed by atoms with van der Waals surface area (Å²) in [6, 6.07) is 0. The normalized spacial score (nSPS) is 18.6. The summed E-state index contributed by atoms with van der Waals surface area (Å²) in [7, 11) is 0. The van der Waals surface area contributed by atoms with Crippen molar-refractivity contribution in [3.8, 4) is 0 Å². The third-order valence-electron chi connectivity index (χ3n) is 3.14. The van der Waals surface area contributed by atoms with E-state index in [1.807, 2.05) is 0 Å². The Balaban J connectivity index is 2.61. The molecule has 17 heavy (non-hydrogen) atoms. The topological polar surface area (TPSA) is 131 Å². The number of amides is 2. The van der Waals surface area contributed by atoms with Gasteiger partial charge in [-0.3, -0.25) is 9.59 Å². The van der Waals surface area contributed by atoms with Crippen LogP contribution in [0.5, 0.6) is 0 Å². The summed E-state index contributed by atoms with van der Waals surface area (Å²) < 4.78 is 0. The molecule has 0 aromatic rings. The summed E-state index contributed by atoms with van der Waals surface area (Å²) in [5.41, 5.74) is 8.93. The van der Waals surface area contributed by atoms with Gasteiger partial charge in [-0.1, -0.05) is 5.16 Å². The van der Waals surface area contributed by atoms with Crippen molar-refractivity contribution in [1.29, 1.82) is 0 Å². The van der Waals surface area contributed by atoms with Gasteiger partial charge in [0.05, 0.1) is 5.41 Å². The first-order chi connectivity index (χ1) is 7.76. The number of carbonyl (C=O) groups is 2. The van der Waals surface area contributed by atoms with Gasteiger partial charge in [0.15, 0.2) is 5.84 Å². The van der Waals surface area contributed by atoms with Crippen LogP contribution in [0.1, 0.15) is 26.7 Å². The zero-order valence-electron chi connectivity index (χ0n) is 9.99. The van der Waals surface area contributed by atoms with E-state index in [2.05, 4.69) is 10.5 Å². The molecule has 0 radical (unpaired) electrons. The lowest BCUT2D eigenvalue weighted by molar-refractivity contribution is -0.128. The third kappa shape index (κ3) is 2.48. The number of rotatable bonds is 5. The number of primary amides is 1. The van der Waals surface area contributed by atoms with Gasteiger partial charge in [0.2, 0.25) is 11.8 Å². The van der Waals surface area contributed by atoms with Crippen LogP contribution in [0, 0.1) is 10.8 Å². The maximum Gasteiger partial charge on any atom is 0.233 e. The molecule has 1 fully saturated rings. The first-order valence-corrected chi connectivity index (χ1v) is 5.32. The van der Waals surface area contributed by atoms with Crippen LogP contribution in [-0.2, 0) is 9.59 Å². The standard InChI is InChI=1S/C10H18N4O3/c1-9(2,7(12)15)5-13-8(16)10(3-4-10)6(11)14-17/h17H,3-5H2,1-2H3,(H2,11,14)(H2,12,15)(H,13,16). The summed E-state index contributed by atoms with van der Waals surface area (Å²) in [5, 5.41) is 14.1. The lowest BCUT2D eigenvalue weighted by Crippen LogP contribution is -2.47.